The predicted octanol–water partition coefficient (Wildman–Crippen LogP) is 3.71. The molecule has 1 aliphatic carbocycles. The van der Waals surface area contributed by atoms with Crippen LogP contribution in [0, 0.1) is 0 Å². The fraction of sp³-hybridized carbons (Fsp3) is 0.632. The summed E-state index contributed by atoms with van der Waals surface area (Å²) in [4.78, 5) is 4.33. The largest absolute Gasteiger partial charge is 0.382 e. The lowest BCUT2D eigenvalue weighted by molar-refractivity contribution is 0.143. The van der Waals surface area contributed by atoms with Gasteiger partial charge in [0.25, 0.3) is 0 Å². The van der Waals surface area contributed by atoms with Gasteiger partial charge in [0.05, 0.1) is 0 Å². The molecule has 0 spiro atoms. The lowest BCUT2D eigenvalue weighted by Gasteiger charge is -2.26. The van der Waals surface area contributed by atoms with Crippen molar-refractivity contribution in [3.05, 3.63) is 35.4 Å². The van der Waals surface area contributed by atoms with E-state index in [2.05, 4.69) is 39.9 Å². The summed E-state index contributed by atoms with van der Waals surface area (Å²) < 4.78 is 5.35. The molecule has 1 aliphatic rings. The summed E-state index contributed by atoms with van der Waals surface area (Å²) in [5.41, 5.74) is 3.03. The molecule has 0 heterocycles. The zero-order valence-corrected chi connectivity index (χ0v) is 17.3. The zero-order chi connectivity index (χ0) is 16.3. The van der Waals surface area contributed by atoms with Crippen LogP contribution in [0.3, 0.4) is 0 Å². The molecule has 2 rings (SSSR count). The number of ether oxygens (including phenoxy) is 1. The Hall–Kier alpha value is -0.820. The van der Waals surface area contributed by atoms with E-state index in [-0.39, 0.29) is 24.0 Å². The molecule has 2 N–H and O–H groups in total. The van der Waals surface area contributed by atoms with Crippen LogP contribution in [0.4, 0.5) is 0 Å². The second-order valence-electron chi connectivity index (χ2n) is 6.07. The predicted molar refractivity (Wildman–Crippen MR) is 113 cm³/mol. The SMILES string of the molecule is CCOCCCCNC(=NC)NCC1CCCc2ccccc21.I. The number of hydrogen-bond acceptors (Lipinski definition) is 2. The molecule has 1 atom stereocenters. The highest BCUT2D eigenvalue weighted by molar-refractivity contribution is 14.0. The second kappa shape index (κ2) is 12.5. The van der Waals surface area contributed by atoms with Gasteiger partial charge in [-0.2, -0.15) is 0 Å². The van der Waals surface area contributed by atoms with Crippen LogP contribution in [0.5, 0.6) is 0 Å². The fourth-order valence-electron chi connectivity index (χ4n) is 3.19. The summed E-state index contributed by atoms with van der Waals surface area (Å²) in [5.74, 6) is 1.50. The first-order chi connectivity index (χ1) is 11.3. The molecule has 0 saturated carbocycles. The van der Waals surface area contributed by atoms with E-state index in [0.29, 0.717) is 5.92 Å². The number of fused-ring (bicyclic) bond motifs is 1. The summed E-state index contributed by atoms with van der Waals surface area (Å²) in [6.07, 6.45) is 5.96. The van der Waals surface area contributed by atoms with E-state index >= 15 is 0 Å². The van der Waals surface area contributed by atoms with Gasteiger partial charge in [0, 0.05) is 39.3 Å². The molecule has 5 heteroatoms. The zero-order valence-electron chi connectivity index (χ0n) is 15.0. The number of hydrogen-bond donors (Lipinski definition) is 2. The van der Waals surface area contributed by atoms with Crippen molar-refractivity contribution in [1.29, 1.82) is 0 Å². The molecule has 0 bridgehead atoms. The lowest BCUT2D eigenvalue weighted by Crippen LogP contribution is -2.40. The highest BCUT2D eigenvalue weighted by Crippen LogP contribution is 2.30. The molecule has 0 radical (unpaired) electrons. The Morgan fingerprint density at radius 3 is 2.88 bits per heavy atom. The van der Waals surface area contributed by atoms with Gasteiger partial charge in [0.1, 0.15) is 0 Å². The molecule has 0 aromatic heterocycles. The van der Waals surface area contributed by atoms with Gasteiger partial charge in [-0.1, -0.05) is 24.3 Å². The number of aliphatic imine (C=N–C) groups is 1. The minimum atomic E-state index is 0. The van der Waals surface area contributed by atoms with Crippen LogP contribution in [0.25, 0.3) is 0 Å². The van der Waals surface area contributed by atoms with Crippen LogP contribution in [-0.2, 0) is 11.2 Å². The summed E-state index contributed by atoms with van der Waals surface area (Å²) in [7, 11) is 1.84. The van der Waals surface area contributed by atoms with Gasteiger partial charge in [-0.05, 0) is 50.2 Å². The molecule has 0 fully saturated rings. The molecule has 0 aliphatic heterocycles. The van der Waals surface area contributed by atoms with E-state index in [0.717, 1.165) is 45.1 Å². The van der Waals surface area contributed by atoms with Crippen molar-refractivity contribution in [2.45, 2.75) is 44.9 Å². The molecule has 0 saturated heterocycles. The Morgan fingerprint density at radius 1 is 1.25 bits per heavy atom. The van der Waals surface area contributed by atoms with Crippen molar-refractivity contribution in [3.8, 4) is 0 Å². The highest BCUT2D eigenvalue weighted by atomic mass is 127. The van der Waals surface area contributed by atoms with Crippen LogP contribution < -0.4 is 10.6 Å². The number of aryl methyl sites for hydroxylation is 1. The molecule has 1 unspecified atom stereocenters. The average Bonchev–Trinajstić information content (AvgIpc) is 2.60. The van der Waals surface area contributed by atoms with E-state index in [9.17, 15) is 0 Å². The van der Waals surface area contributed by atoms with E-state index in [1.54, 1.807) is 0 Å². The molecule has 0 amide bonds. The third-order valence-electron chi connectivity index (χ3n) is 4.45. The van der Waals surface area contributed by atoms with Crippen LogP contribution in [0.2, 0.25) is 0 Å². The standard InChI is InChI=1S/C19H31N3O.HI/c1-3-23-14-7-6-13-21-19(20-2)22-15-17-11-8-10-16-9-4-5-12-18(16)17;/h4-5,9,12,17H,3,6-8,10-11,13-15H2,1-2H3,(H2,20,21,22);1H. The number of nitrogens with zero attached hydrogens (tertiary/aromatic N) is 1. The van der Waals surface area contributed by atoms with E-state index in [1.165, 1.54) is 30.4 Å². The Labute approximate surface area is 163 Å². The monoisotopic (exact) mass is 445 g/mol. The minimum absolute atomic E-state index is 0. The fourth-order valence-corrected chi connectivity index (χ4v) is 3.19. The molecule has 1 aromatic rings. The van der Waals surface area contributed by atoms with Crippen LogP contribution in [-0.4, -0.2) is 39.3 Å². The number of rotatable bonds is 8. The van der Waals surface area contributed by atoms with Crippen molar-refractivity contribution < 1.29 is 4.74 Å². The van der Waals surface area contributed by atoms with Crippen molar-refractivity contribution in [2.24, 2.45) is 4.99 Å². The summed E-state index contributed by atoms with van der Waals surface area (Å²) in [5, 5.41) is 6.88. The van der Waals surface area contributed by atoms with Crippen molar-refractivity contribution in [1.82, 2.24) is 10.6 Å². The Morgan fingerprint density at radius 2 is 2.08 bits per heavy atom. The Kier molecular flexibility index (Phi) is 11.1. The minimum Gasteiger partial charge on any atom is -0.382 e. The maximum absolute atomic E-state index is 5.35. The first-order valence-corrected chi connectivity index (χ1v) is 8.95. The number of guanidine groups is 1. The maximum Gasteiger partial charge on any atom is 0.190 e. The Balaban J connectivity index is 0.00000288. The average molecular weight is 445 g/mol. The van der Waals surface area contributed by atoms with Gasteiger partial charge in [-0.25, -0.2) is 0 Å². The van der Waals surface area contributed by atoms with Crippen LogP contribution in [0.15, 0.2) is 29.3 Å². The van der Waals surface area contributed by atoms with Gasteiger partial charge in [-0.15, -0.1) is 24.0 Å². The van der Waals surface area contributed by atoms with E-state index in [4.69, 9.17) is 4.74 Å². The quantitative estimate of drug-likeness (QED) is 0.278. The van der Waals surface area contributed by atoms with E-state index < -0.39 is 0 Å². The second-order valence-corrected chi connectivity index (χ2v) is 6.07. The van der Waals surface area contributed by atoms with Gasteiger partial charge in [-0.3, -0.25) is 4.99 Å². The molecular weight excluding hydrogens is 413 g/mol. The van der Waals surface area contributed by atoms with Crippen LogP contribution in [0.1, 0.15) is 49.7 Å². The molecule has 1 aromatic carbocycles. The van der Waals surface area contributed by atoms with Gasteiger partial charge in [0.2, 0.25) is 0 Å². The third-order valence-corrected chi connectivity index (χ3v) is 4.45. The first kappa shape index (κ1) is 21.2. The molecule has 4 nitrogen and oxygen atoms in total. The first-order valence-electron chi connectivity index (χ1n) is 8.95. The van der Waals surface area contributed by atoms with Crippen molar-refractivity contribution in [2.75, 3.05) is 33.4 Å². The Bertz CT molecular complexity index is 493. The normalized spacial score (nSPS) is 16.9. The van der Waals surface area contributed by atoms with Gasteiger partial charge >= 0.3 is 0 Å². The highest BCUT2D eigenvalue weighted by Gasteiger charge is 2.19. The molecule has 24 heavy (non-hydrogen) atoms. The summed E-state index contributed by atoms with van der Waals surface area (Å²) >= 11 is 0. The van der Waals surface area contributed by atoms with Crippen LogP contribution >= 0.6 is 24.0 Å². The number of nitrogens with one attached hydrogen (secondary N) is 2. The third kappa shape index (κ3) is 6.97. The smallest absolute Gasteiger partial charge is 0.190 e. The maximum atomic E-state index is 5.35. The topological polar surface area (TPSA) is 45.6 Å². The lowest BCUT2D eigenvalue weighted by atomic mass is 9.83. The van der Waals surface area contributed by atoms with Gasteiger partial charge < -0.3 is 15.4 Å². The molecular formula is C19H32IN3O. The van der Waals surface area contributed by atoms with E-state index in [1.807, 2.05) is 14.0 Å². The number of halogens is 1. The number of unbranched alkanes of at least 4 members (excludes halogenated alkanes) is 1. The van der Waals surface area contributed by atoms with Crippen molar-refractivity contribution in [3.63, 3.8) is 0 Å². The van der Waals surface area contributed by atoms with Crippen molar-refractivity contribution >= 4 is 29.9 Å². The molecule has 136 valence electrons. The number of benzene rings is 1. The van der Waals surface area contributed by atoms with Gasteiger partial charge in [0.15, 0.2) is 5.96 Å². The summed E-state index contributed by atoms with van der Waals surface area (Å²) in [6.45, 7) is 5.58. The summed E-state index contributed by atoms with van der Waals surface area (Å²) in [6, 6.07) is 8.86.